The van der Waals surface area contributed by atoms with Gasteiger partial charge in [-0.2, -0.15) is 0 Å². The van der Waals surface area contributed by atoms with Crippen LogP contribution in [0.4, 0.5) is 0 Å². The number of benzene rings is 1. The molecular weight excluding hydrogens is 276 g/mol. The zero-order chi connectivity index (χ0) is 14.6. The van der Waals surface area contributed by atoms with Gasteiger partial charge in [-0.05, 0) is 37.1 Å². The first kappa shape index (κ1) is 14.9. The summed E-state index contributed by atoms with van der Waals surface area (Å²) in [4.78, 5) is 4.38. The van der Waals surface area contributed by atoms with Gasteiger partial charge in [0.05, 0.1) is 10.4 Å². The van der Waals surface area contributed by atoms with Crippen LogP contribution in [0.3, 0.4) is 0 Å². The van der Waals surface area contributed by atoms with Crippen molar-refractivity contribution in [3.8, 4) is 0 Å². The van der Waals surface area contributed by atoms with E-state index in [4.69, 9.17) is 5.11 Å². The van der Waals surface area contributed by atoms with Gasteiger partial charge in [0.15, 0.2) is 0 Å². The van der Waals surface area contributed by atoms with Crippen molar-refractivity contribution in [3.63, 3.8) is 0 Å². The average Bonchev–Trinajstić information content (AvgIpc) is 2.46. The molecule has 0 saturated carbocycles. The minimum absolute atomic E-state index is 0.0435. The second-order valence-corrected chi connectivity index (χ2v) is 6.25. The first-order chi connectivity index (χ1) is 9.58. The summed E-state index contributed by atoms with van der Waals surface area (Å²) in [6.07, 6.45) is 2.66. The van der Waals surface area contributed by atoms with Crippen molar-refractivity contribution in [2.75, 3.05) is 6.61 Å². The SMILES string of the molecule is CCC(CCO)NS(=O)(=O)c1cccc2ncccc12. The molecule has 0 amide bonds. The van der Waals surface area contributed by atoms with Crippen molar-refractivity contribution in [3.05, 3.63) is 36.5 Å². The minimum atomic E-state index is -3.62. The maximum atomic E-state index is 12.5. The Bertz CT molecular complexity index is 680. The first-order valence-electron chi connectivity index (χ1n) is 6.55. The van der Waals surface area contributed by atoms with Crippen LogP contribution in [-0.2, 0) is 10.0 Å². The van der Waals surface area contributed by atoms with E-state index >= 15 is 0 Å². The molecule has 1 aromatic heterocycles. The summed E-state index contributed by atoms with van der Waals surface area (Å²) >= 11 is 0. The van der Waals surface area contributed by atoms with Gasteiger partial charge >= 0.3 is 0 Å². The van der Waals surface area contributed by atoms with Crippen molar-refractivity contribution in [2.45, 2.75) is 30.7 Å². The number of aromatic nitrogens is 1. The third kappa shape index (κ3) is 3.15. The zero-order valence-corrected chi connectivity index (χ0v) is 12.1. The zero-order valence-electron chi connectivity index (χ0n) is 11.3. The number of fused-ring (bicyclic) bond motifs is 1. The van der Waals surface area contributed by atoms with Crippen LogP contribution >= 0.6 is 0 Å². The standard InChI is InChI=1S/C14H18N2O3S/c1-2-11(8-10-17)16-20(18,19)14-7-3-6-13-12(14)5-4-9-15-13/h3-7,9,11,16-17H,2,8,10H2,1H3. The number of aliphatic hydroxyl groups is 1. The van der Waals surface area contributed by atoms with E-state index in [1.807, 2.05) is 6.92 Å². The van der Waals surface area contributed by atoms with Gasteiger partial charge in [0.25, 0.3) is 0 Å². The number of rotatable bonds is 6. The maximum Gasteiger partial charge on any atom is 0.241 e. The molecule has 2 rings (SSSR count). The number of nitrogens with one attached hydrogen (secondary N) is 1. The highest BCUT2D eigenvalue weighted by Crippen LogP contribution is 2.21. The Labute approximate surface area is 118 Å². The number of aliphatic hydroxyl groups excluding tert-OH is 1. The molecule has 20 heavy (non-hydrogen) atoms. The highest BCUT2D eigenvalue weighted by molar-refractivity contribution is 7.89. The summed E-state index contributed by atoms with van der Waals surface area (Å²) in [7, 11) is -3.62. The Morgan fingerprint density at radius 3 is 2.80 bits per heavy atom. The van der Waals surface area contributed by atoms with E-state index in [-0.39, 0.29) is 17.5 Å². The predicted octanol–water partition coefficient (Wildman–Crippen LogP) is 1.67. The lowest BCUT2D eigenvalue weighted by Crippen LogP contribution is -2.35. The molecule has 108 valence electrons. The van der Waals surface area contributed by atoms with Crippen LogP contribution in [0.25, 0.3) is 10.9 Å². The fraction of sp³-hybridized carbons (Fsp3) is 0.357. The van der Waals surface area contributed by atoms with Crippen molar-refractivity contribution in [1.82, 2.24) is 9.71 Å². The van der Waals surface area contributed by atoms with Gasteiger partial charge in [-0.1, -0.05) is 13.0 Å². The highest BCUT2D eigenvalue weighted by atomic mass is 32.2. The molecule has 0 aliphatic rings. The highest BCUT2D eigenvalue weighted by Gasteiger charge is 2.20. The molecule has 2 N–H and O–H groups in total. The van der Waals surface area contributed by atoms with E-state index in [9.17, 15) is 8.42 Å². The van der Waals surface area contributed by atoms with Gasteiger partial charge in [0, 0.05) is 24.2 Å². The van der Waals surface area contributed by atoms with Crippen LogP contribution in [0.15, 0.2) is 41.4 Å². The summed E-state index contributed by atoms with van der Waals surface area (Å²) in [6, 6.07) is 8.21. The van der Waals surface area contributed by atoms with Crippen molar-refractivity contribution in [2.24, 2.45) is 0 Å². The maximum absolute atomic E-state index is 12.5. The largest absolute Gasteiger partial charge is 0.396 e. The summed E-state index contributed by atoms with van der Waals surface area (Å²) in [5, 5.41) is 9.56. The summed E-state index contributed by atoms with van der Waals surface area (Å²) < 4.78 is 27.6. The van der Waals surface area contributed by atoms with E-state index in [0.717, 1.165) is 0 Å². The molecule has 0 aliphatic carbocycles. The van der Waals surface area contributed by atoms with E-state index in [0.29, 0.717) is 23.7 Å². The molecule has 1 unspecified atom stereocenters. The molecule has 5 nitrogen and oxygen atoms in total. The van der Waals surface area contributed by atoms with Gasteiger partial charge in [-0.25, -0.2) is 13.1 Å². The molecule has 2 aromatic rings. The molecule has 0 radical (unpaired) electrons. The Kier molecular flexibility index (Phi) is 4.69. The third-order valence-corrected chi connectivity index (χ3v) is 4.77. The van der Waals surface area contributed by atoms with E-state index in [1.54, 1.807) is 36.5 Å². The molecule has 6 heteroatoms. The van der Waals surface area contributed by atoms with Gasteiger partial charge in [-0.15, -0.1) is 0 Å². The summed E-state index contributed by atoms with van der Waals surface area (Å²) in [6.45, 7) is 1.84. The smallest absolute Gasteiger partial charge is 0.241 e. The van der Waals surface area contributed by atoms with Crippen LogP contribution in [0.2, 0.25) is 0 Å². The molecular formula is C14H18N2O3S. The van der Waals surface area contributed by atoms with Gasteiger partial charge in [-0.3, -0.25) is 4.98 Å². The fourth-order valence-electron chi connectivity index (χ4n) is 2.09. The van der Waals surface area contributed by atoms with Crippen molar-refractivity contribution in [1.29, 1.82) is 0 Å². The van der Waals surface area contributed by atoms with Crippen molar-refractivity contribution < 1.29 is 13.5 Å². The molecule has 0 aliphatic heterocycles. The van der Waals surface area contributed by atoms with Crippen LogP contribution in [-0.4, -0.2) is 31.2 Å². The first-order valence-corrected chi connectivity index (χ1v) is 8.03. The monoisotopic (exact) mass is 294 g/mol. The Balaban J connectivity index is 2.41. The van der Waals surface area contributed by atoms with Crippen molar-refractivity contribution >= 4 is 20.9 Å². The lowest BCUT2D eigenvalue weighted by Gasteiger charge is -2.16. The minimum Gasteiger partial charge on any atom is -0.396 e. The molecule has 1 aromatic carbocycles. The van der Waals surface area contributed by atoms with E-state index in [1.165, 1.54) is 0 Å². The van der Waals surface area contributed by atoms with E-state index < -0.39 is 10.0 Å². The second kappa shape index (κ2) is 6.30. The molecule has 1 atom stereocenters. The van der Waals surface area contributed by atoms with E-state index in [2.05, 4.69) is 9.71 Å². The Morgan fingerprint density at radius 2 is 2.10 bits per heavy atom. The second-order valence-electron chi connectivity index (χ2n) is 4.56. The Morgan fingerprint density at radius 1 is 1.30 bits per heavy atom. The summed E-state index contributed by atoms with van der Waals surface area (Å²) in [5.41, 5.74) is 0.644. The van der Waals surface area contributed by atoms with Gasteiger partial charge < -0.3 is 5.11 Å². The molecule has 0 bridgehead atoms. The van der Waals surface area contributed by atoms with Gasteiger partial charge in [0.2, 0.25) is 10.0 Å². The predicted molar refractivity (Wildman–Crippen MR) is 77.8 cm³/mol. The van der Waals surface area contributed by atoms with Crippen LogP contribution in [0.1, 0.15) is 19.8 Å². The molecule has 0 fully saturated rings. The molecule has 0 saturated heterocycles. The van der Waals surface area contributed by atoms with Gasteiger partial charge in [0.1, 0.15) is 0 Å². The number of hydrogen-bond acceptors (Lipinski definition) is 4. The topological polar surface area (TPSA) is 79.3 Å². The number of pyridine rings is 1. The fourth-order valence-corrected chi connectivity index (χ4v) is 3.66. The van der Waals surface area contributed by atoms with Crippen LogP contribution in [0, 0.1) is 0 Å². The Hall–Kier alpha value is -1.50. The normalized spacial score (nSPS) is 13.5. The molecule has 0 spiro atoms. The molecule has 1 heterocycles. The number of nitrogens with zero attached hydrogens (tertiary/aromatic N) is 1. The average molecular weight is 294 g/mol. The number of hydrogen-bond donors (Lipinski definition) is 2. The third-order valence-electron chi connectivity index (χ3n) is 3.19. The lowest BCUT2D eigenvalue weighted by atomic mass is 10.2. The lowest BCUT2D eigenvalue weighted by molar-refractivity contribution is 0.270. The summed E-state index contributed by atoms with van der Waals surface area (Å²) in [5.74, 6) is 0. The van der Waals surface area contributed by atoms with Crippen LogP contribution < -0.4 is 4.72 Å². The number of sulfonamides is 1. The quantitative estimate of drug-likeness (QED) is 0.849. The van der Waals surface area contributed by atoms with Crippen LogP contribution in [0.5, 0.6) is 0 Å².